The summed E-state index contributed by atoms with van der Waals surface area (Å²) in [7, 11) is 0. The van der Waals surface area contributed by atoms with Gasteiger partial charge in [0.1, 0.15) is 5.70 Å². The van der Waals surface area contributed by atoms with E-state index in [1.165, 1.54) is 17.3 Å². The second-order valence-corrected chi connectivity index (χ2v) is 11.7. The largest absolute Gasteiger partial charge is 0.325 e. The normalized spacial score (nSPS) is 12.0. The first kappa shape index (κ1) is 30.3. The lowest BCUT2D eigenvalue weighted by Gasteiger charge is -2.15. The van der Waals surface area contributed by atoms with Crippen molar-refractivity contribution in [1.82, 2.24) is 5.32 Å². The molecule has 7 heteroatoms. The maximum atomic E-state index is 13.5. The van der Waals surface area contributed by atoms with Gasteiger partial charge in [-0.05, 0) is 78.9 Å². The van der Waals surface area contributed by atoms with E-state index < -0.39 is 5.91 Å². The molecule has 0 fully saturated rings. The van der Waals surface area contributed by atoms with Crippen LogP contribution in [0.4, 0.5) is 11.4 Å². The van der Waals surface area contributed by atoms with E-state index in [1.807, 2.05) is 86.6 Å². The first-order valence-corrected chi connectivity index (χ1v) is 14.7. The van der Waals surface area contributed by atoms with Crippen LogP contribution in [0.25, 0.3) is 6.08 Å². The number of hydrogen-bond donors (Lipinski definition) is 3. The zero-order chi connectivity index (χ0) is 30.1. The highest BCUT2D eigenvalue weighted by molar-refractivity contribution is 8.00. The van der Waals surface area contributed by atoms with Gasteiger partial charge in [-0.15, -0.1) is 11.8 Å². The zero-order valence-corrected chi connectivity index (χ0v) is 25.0. The summed E-state index contributed by atoms with van der Waals surface area (Å²) in [6.07, 6.45) is 1.66. The SMILES string of the molecule is Cc1ccccc1NC(=O)C(C)Sc1cccc(NC(=O)/C(=C\c2ccc(C(C)C)cc2)NC(=O)c2ccccc2)c1. The average Bonchev–Trinajstić information content (AvgIpc) is 2.98. The lowest BCUT2D eigenvalue weighted by atomic mass is 10.0. The zero-order valence-electron chi connectivity index (χ0n) is 24.2. The molecule has 1 unspecified atom stereocenters. The van der Waals surface area contributed by atoms with Gasteiger partial charge < -0.3 is 16.0 Å². The second-order valence-electron chi connectivity index (χ2n) is 10.2. The molecule has 0 heterocycles. The molecule has 0 aliphatic rings. The van der Waals surface area contributed by atoms with Gasteiger partial charge in [-0.1, -0.05) is 80.6 Å². The summed E-state index contributed by atoms with van der Waals surface area (Å²) in [5.41, 5.74) is 4.86. The van der Waals surface area contributed by atoms with Gasteiger partial charge in [-0.2, -0.15) is 0 Å². The van der Waals surface area contributed by atoms with Gasteiger partial charge in [-0.3, -0.25) is 14.4 Å². The summed E-state index contributed by atoms with van der Waals surface area (Å²) in [5, 5.41) is 8.29. The number of aryl methyl sites for hydroxylation is 1. The van der Waals surface area contributed by atoms with Crippen molar-refractivity contribution in [3.63, 3.8) is 0 Å². The number of thioether (sulfide) groups is 1. The highest BCUT2D eigenvalue weighted by Crippen LogP contribution is 2.27. The minimum Gasteiger partial charge on any atom is -0.325 e. The van der Waals surface area contributed by atoms with Crippen LogP contribution in [0, 0.1) is 6.92 Å². The number of rotatable bonds is 10. The molecule has 0 saturated heterocycles. The molecule has 0 radical (unpaired) electrons. The highest BCUT2D eigenvalue weighted by atomic mass is 32.2. The van der Waals surface area contributed by atoms with Crippen LogP contribution < -0.4 is 16.0 Å². The molecular weight excluding hydrogens is 542 g/mol. The van der Waals surface area contributed by atoms with Crippen molar-refractivity contribution in [2.75, 3.05) is 10.6 Å². The molecule has 0 spiro atoms. The Hall–Kier alpha value is -4.62. The number of nitrogens with one attached hydrogen (secondary N) is 3. The topological polar surface area (TPSA) is 87.3 Å². The van der Waals surface area contributed by atoms with Crippen LogP contribution in [0.5, 0.6) is 0 Å². The number of benzene rings is 4. The molecule has 4 rings (SSSR count). The van der Waals surface area contributed by atoms with Crippen molar-refractivity contribution < 1.29 is 14.4 Å². The van der Waals surface area contributed by atoms with Crippen molar-refractivity contribution in [2.45, 2.75) is 43.8 Å². The minimum atomic E-state index is -0.459. The number of amides is 3. The van der Waals surface area contributed by atoms with Crippen molar-refractivity contribution >= 4 is 46.9 Å². The minimum absolute atomic E-state index is 0.110. The predicted molar refractivity (Wildman–Crippen MR) is 173 cm³/mol. The third-order valence-corrected chi connectivity index (χ3v) is 7.71. The van der Waals surface area contributed by atoms with Crippen LogP contribution in [0.2, 0.25) is 0 Å². The van der Waals surface area contributed by atoms with Gasteiger partial charge in [0.15, 0.2) is 0 Å². The Kier molecular flexibility index (Phi) is 10.3. The third-order valence-electron chi connectivity index (χ3n) is 6.62. The molecule has 6 nitrogen and oxygen atoms in total. The highest BCUT2D eigenvalue weighted by Gasteiger charge is 2.18. The van der Waals surface area contributed by atoms with E-state index in [4.69, 9.17) is 0 Å². The Morgan fingerprint density at radius 1 is 0.762 bits per heavy atom. The van der Waals surface area contributed by atoms with Gasteiger partial charge in [0.2, 0.25) is 5.91 Å². The Balaban J connectivity index is 1.50. The molecular formula is C35H35N3O3S. The first-order valence-electron chi connectivity index (χ1n) is 13.8. The van der Waals surface area contributed by atoms with Gasteiger partial charge in [-0.25, -0.2) is 0 Å². The van der Waals surface area contributed by atoms with Gasteiger partial charge in [0.05, 0.1) is 5.25 Å². The van der Waals surface area contributed by atoms with Crippen LogP contribution in [0.15, 0.2) is 114 Å². The first-order chi connectivity index (χ1) is 20.2. The Labute approximate surface area is 251 Å². The molecule has 1 atom stereocenters. The van der Waals surface area contributed by atoms with Crippen molar-refractivity contribution in [3.05, 3.63) is 131 Å². The van der Waals surface area contributed by atoms with Gasteiger partial charge in [0, 0.05) is 21.8 Å². The standard InChI is InChI=1S/C35H35N3O3S/c1-23(2)27-19-17-26(18-20-27)21-32(38-34(40)28-12-6-5-7-13-28)35(41)36-29-14-10-15-30(22-29)42-25(4)33(39)37-31-16-9-8-11-24(31)3/h5-23,25H,1-4H3,(H,36,41)(H,37,39)(H,38,40)/b32-21+. The van der Waals surface area contributed by atoms with Crippen LogP contribution >= 0.6 is 11.8 Å². The fraction of sp³-hybridized carbons (Fsp3) is 0.171. The lowest BCUT2D eigenvalue weighted by molar-refractivity contribution is -0.115. The van der Waals surface area contributed by atoms with Crippen molar-refractivity contribution in [1.29, 1.82) is 0 Å². The summed E-state index contributed by atoms with van der Waals surface area (Å²) >= 11 is 1.39. The van der Waals surface area contributed by atoms with Gasteiger partial charge >= 0.3 is 0 Å². The Morgan fingerprint density at radius 2 is 1.45 bits per heavy atom. The number of carbonyl (C=O) groups excluding carboxylic acids is 3. The van der Waals surface area contributed by atoms with Crippen LogP contribution in [-0.2, 0) is 9.59 Å². The molecule has 4 aromatic carbocycles. The quantitative estimate of drug-likeness (QED) is 0.133. The number of carbonyl (C=O) groups is 3. The molecule has 0 aromatic heterocycles. The van der Waals surface area contributed by atoms with Crippen molar-refractivity contribution in [3.8, 4) is 0 Å². The summed E-state index contributed by atoms with van der Waals surface area (Å²) < 4.78 is 0. The van der Waals surface area contributed by atoms with Crippen molar-refractivity contribution in [2.24, 2.45) is 0 Å². The fourth-order valence-corrected chi connectivity index (χ4v) is 5.06. The Bertz CT molecular complexity index is 1580. The monoisotopic (exact) mass is 577 g/mol. The number of anilines is 2. The molecule has 3 amide bonds. The molecule has 0 saturated carbocycles. The smallest absolute Gasteiger partial charge is 0.272 e. The summed E-state index contributed by atoms with van der Waals surface area (Å²) in [4.78, 5) is 40.1. The number of para-hydroxylation sites is 1. The second kappa shape index (κ2) is 14.3. The molecule has 0 aliphatic heterocycles. The molecule has 0 bridgehead atoms. The molecule has 0 aliphatic carbocycles. The fourth-order valence-electron chi connectivity index (χ4n) is 4.14. The molecule has 3 N–H and O–H groups in total. The maximum Gasteiger partial charge on any atom is 0.272 e. The molecule has 214 valence electrons. The predicted octanol–water partition coefficient (Wildman–Crippen LogP) is 7.65. The number of hydrogen-bond acceptors (Lipinski definition) is 4. The molecule has 42 heavy (non-hydrogen) atoms. The van der Waals surface area contributed by atoms with E-state index >= 15 is 0 Å². The van der Waals surface area contributed by atoms with E-state index in [2.05, 4.69) is 29.8 Å². The van der Waals surface area contributed by atoms with E-state index in [1.54, 1.807) is 36.4 Å². The van der Waals surface area contributed by atoms with E-state index in [0.29, 0.717) is 17.2 Å². The summed E-state index contributed by atoms with van der Waals surface area (Å²) in [5.74, 6) is -0.570. The van der Waals surface area contributed by atoms with Gasteiger partial charge in [0.25, 0.3) is 11.8 Å². The van der Waals surface area contributed by atoms with Crippen LogP contribution in [-0.4, -0.2) is 23.0 Å². The van der Waals surface area contributed by atoms with E-state index in [0.717, 1.165) is 21.7 Å². The Morgan fingerprint density at radius 3 is 2.14 bits per heavy atom. The summed E-state index contributed by atoms with van der Waals surface area (Å²) in [6, 6.07) is 31.6. The lowest BCUT2D eigenvalue weighted by Crippen LogP contribution is -2.30. The maximum absolute atomic E-state index is 13.5. The van der Waals surface area contributed by atoms with E-state index in [-0.39, 0.29) is 22.8 Å². The molecule has 4 aromatic rings. The average molecular weight is 578 g/mol. The van der Waals surface area contributed by atoms with Crippen LogP contribution in [0.3, 0.4) is 0 Å². The van der Waals surface area contributed by atoms with Crippen LogP contribution in [0.1, 0.15) is 53.7 Å². The van der Waals surface area contributed by atoms with E-state index in [9.17, 15) is 14.4 Å². The summed E-state index contributed by atoms with van der Waals surface area (Å²) in [6.45, 7) is 8.03. The third kappa shape index (κ3) is 8.44.